The molecule has 1 heterocycles. The number of nitrogens with one attached hydrogen (secondary N) is 1. The van der Waals surface area contributed by atoms with E-state index in [1.807, 2.05) is 6.92 Å². The van der Waals surface area contributed by atoms with Gasteiger partial charge in [0.25, 0.3) is 0 Å². The van der Waals surface area contributed by atoms with E-state index >= 15 is 0 Å². The summed E-state index contributed by atoms with van der Waals surface area (Å²) < 4.78 is 22.1. The topological polar surface area (TPSA) is 49.4 Å². The first kappa shape index (κ1) is 13.9. The van der Waals surface area contributed by atoms with Crippen LogP contribution in [0.25, 0.3) is 0 Å². The molecule has 0 aliphatic carbocycles. The van der Waals surface area contributed by atoms with Crippen LogP contribution in [-0.2, 0) is 9.84 Å². The summed E-state index contributed by atoms with van der Waals surface area (Å²) in [7, 11) is -2.85. The van der Waals surface area contributed by atoms with E-state index in [0.717, 1.165) is 19.5 Å². The van der Waals surface area contributed by atoms with Gasteiger partial charge in [0.15, 0.2) is 0 Å². The van der Waals surface area contributed by atoms with Crippen molar-refractivity contribution in [2.24, 2.45) is 0 Å². The zero-order chi connectivity index (χ0) is 12.0. The van der Waals surface area contributed by atoms with Crippen molar-refractivity contribution in [2.75, 3.05) is 38.2 Å². The number of rotatable bonds is 7. The molecule has 0 aromatic rings. The molecule has 1 fully saturated rings. The van der Waals surface area contributed by atoms with Gasteiger partial charge < -0.3 is 10.2 Å². The van der Waals surface area contributed by atoms with Crippen LogP contribution in [0.2, 0.25) is 0 Å². The Labute approximate surface area is 99.3 Å². The molecule has 1 rings (SSSR count). The van der Waals surface area contributed by atoms with Crippen LogP contribution in [0.5, 0.6) is 0 Å². The lowest BCUT2D eigenvalue weighted by Crippen LogP contribution is -2.34. The number of hydrogen-bond donors (Lipinski definition) is 1. The molecular weight excluding hydrogens is 224 g/mol. The van der Waals surface area contributed by atoms with E-state index in [4.69, 9.17) is 0 Å². The van der Waals surface area contributed by atoms with Gasteiger partial charge in [0.05, 0.1) is 5.75 Å². The number of hydrogen-bond acceptors (Lipinski definition) is 4. The number of sulfone groups is 1. The first-order chi connectivity index (χ1) is 7.47. The highest BCUT2D eigenvalue weighted by atomic mass is 32.2. The van der Waals surface area contributed by atoms with Crippen molar-refractivity contribution >= 4 is 9.84 Å². The van der Waals surface area contributed by atoms with Gasteiger partial charge in [0.2, 0.25) is 0 Å². The minimum Gasteiger partial charge on any atom is -0.313 e. The lowest BCUT2D eigenvalue weighted by molar-refractivity contribution is 0.329. The molecule has 0 saturated carbocycles. The maximum Gasteiger partial charge on any atom is 0.148 e. The molecule has 1 aliphatic heterocycles. The first-order valence-corrected chi connectivity index (χ1v) is 8.17. The minimum absolute atomic E-state index is 0.0635. The van der Waals surface area contributed by atoms with Gasteiger partial charge in [-0.05, 0) is 52.4 Å². The fraction of sp³-hybridized carbons (Fsp3) is 1.00. The van der Waals surface area contributed by atoms with Crippen LogP contribution in [0.15, 0.2) is 0 Å². The van der Waals surface area contributed by atoms with Crippen molar-refractivity contribution < 1.29 is 8.42 Å². The van der Waals surface area contributed by atoms with Crippen molar-refractivity contribution in [1.29, 1.82) is 0 Å². The maximum atomic E-state index is 11.0. The van der Waals surface area contributed by atoms with E-state index in [1.54, 1.807) is 0 Å². The summed E-state index contributed by atoms with van der Waals surface area (Å²) in [4.78, 5) is 2.48. The zero-order valence-corrected chi connectivity index (χ0v) is 11.2. The summed E-state index contributed by atoms with van der Waals surface area (Å²) in [5.74, 6) is 0.233. The second-order valence-electron chi connectivity index (χ2n) is 4.85. The second kappa shape index (κ2) is 6.57. The predicted octanol–water partition coefficient (Wildman–Crippen LogP) is 0.495. The Morgan fingerprint density at radius 1 is 1.31 bits per heavy atom. The third-order valence-electron chi connectivity index (χ3n) is 2.90. The van der Waals surface area contributed by atoms with Gasteiger partial charge in [0.1, 0.15) is 9.84 Å². The summed E-state index contributed by atoms with van der Waals surface area (Å²) >= 11 is 0. The molecule has 0 aromatic heterocycles. The summed E-state index contributed by atoms with van der Waals surface area (Å²) in [6.07, 6.45) is 5.05. The average Bonchev–Trinajstić information content (AvgIpc) is 2.62. The van der Waals surface area contributed by atoms with E-state index in [-0.39, 0.29) is 11.8 Å². The maximum absolute atomic E-state index is 11.0. The van der Waals surface area contributed by atoms with E-state index in [0.29, 0.717) is 0 Å². The Morgan fingerprint density at radius 2 is 1.94 bits per heavy atom. The predicted molar refractivity (Wildman–Crippen MR) is 67.5 cm³/mol. The normalized spacial score (nSPS) is 20.1. The molecule has 0 spiro atoms. The Hall–Kier alpha value is -0.130. The molecule has 5 heteroatoms. The van der Waals surface area contributed by atoms with Crippen LogP contribution in [0, 0.1) is 0 Å². The average molecular weight is 248 g/mol. The SMILES string of the molecule is CC(CS(C)(=O)=O)NCCCN1CCCC1. The Bertz CT molecular complexity index is 284. The molecule has 1 aliphatic rings. The van der Waals surface area contributed by atoms with E-state index < -0.39 is 9.84 Å². The molecule has 0 aromatic carbocycles. The molecule has 0 amide bonds. The van der Waals surface area contributed by atoms with Crippen molar-refractivity contribution in [2.45, 2.75) is 32.2 Å². The smallest absolute Gasteiger partial charge is 0.148 e. The van der Waals surface area contributed by atoms with Gasteiger partial charge in [-0.1, -0.05) is 0 Å². The third-order valence-corrected chi connectivity index (χ3v) is 4.00. The van der Waals surface area contributed by atoms with Gasteiger partial charge >= 0.3 is 0 Å². The molecule has 0 radical (unpaired) electrons. The Kier molecular flexibility index (Phi) is 5.72. The molecule has 96 valence electrons. The van der Waals surface area contributed by atoms with Crippen molar-refractivity contribution in [3.8, 4) is 0 Å². The molecule has 1 saturated heterocycles. The molecule has 0 bridgehead atoms. The van der Waals surface area contributed by atoms with E-state index in [1.165, 1.54) is 32.2 Å². The zero-order valence-electron chi connectivity index (χ0n) is 10.4. The van der Waals surface area contributed by atoms with E-state index in [2.05, 4.69) is 10.2 Å². The Morgan fingerprint density at radius 3 is 2.50 bits per heavy atom. The van der Waals surface area contributed by atoms with Crippen LogP contribution < -0.4 is 5.32 Å². The molecule has 1 unspecified atom stereocenters. The lowest BCUT2D eigenvalue weighted by Gasteiger charge is -2.16. The highest BCUT2D eigenvalue weighted by Gasteiger charge is 2.12. The first-order valence-electron chi connectivity index (χ1n) is 6.11. The molecule has 16 heavy (non-hydrogen) atoms. The summed E-state index contributed by atoms with van der Waals surface area (Å²) in [5.41, 5.74) is 0. The van der Waals surface area contributed by atoms with Gasteiger partial charge in [-0.3, -0.25) is 0 Å². The van der Waals surface area contributed by atoms with Crippen molar-refractivity contribution in [3.05, 3.63) is 0 Å². The fourth-order valence-electron chi connectivity index (χ4n) is 2.17. The molecule has 1 N–H and O–H groups in total. The number of likely N-dealkylation sites (tertiary alicyclic amines) is 1. The fourth-order valence-corrected chi connectivity index (χ4v) is 3.20. The van der Waals surface area contributed by atoms with Gasteiger partial charge in [0, 0.05) is 12.3 Å². The van der Waals surface area contributed by atoms with Crippen LogP contribution >= 0.6 is 0 Å². The molecular formula is C11H24N2O2S. The quantitative estimate of drug-likeness (QED) is 0.666. The van der Waals surface area contributed by atoms with Crippen molar-refractivity contribution in [3.63, 3.8) is 0 Å². The molecule has 4 nitrogen and oxygen atoms in total. The van der Waals surface area contributed by atoms with Crippen LogP contribution in [0.4, 0.5) is 0 Å². The van der Waals surface area contributed by atoms with E-state index in [9.17, 15) is 8.42 Å². The highest BCUT2D eigenvalue weighted by Crippen LogP contribution is 2.06. The lowest BCUT2D eigenvalue weighted by atomic mass is 10.3. The summed E-state index contributed by atoms with van der Waals surface area (Å²) in [6, 6.07) is 0.0635. The van der Waals surface area contributed by atoms with Crippen molar-refractivity contribution in [1.82, 2.24) is 10.2 Å². The van der Waals surface area contributed by atoms with Gasteiger partial charge in [-0.25, -0.2) is 8.42 Å². The van der Waals surface area contributed by atoms with Gasteiger partial charge in [-0.2, -0.15) is 0 Å². The summed E-state index contributed by atoms with van der Waals surface area (Å²) in [5, 5.41) is 3.26. The Balaban J connectivity index is 2.01. The van der Waals surface area contributed by atoms with Gasteiger partial charge in [-0.15, -0.1) is 0 Å². The summed E-state index contributed by atoms with van der Waals surface area (Å²) in [6.45, 7) is 6.44. The standard InChI is InChI=1S/C11H24N2O2S/c1-11(10-16(2,14)15)12-6-5-9-13-7-3-4-8-13/h11-12H,3-10H2,1-2H3. The minimum atomic E-state index is -2.85. The third kappa shape index (κ3) is 6.45. The second-order valence-corrected chi connectivity index (χ2v) is 7.03. The molecule has 1 atom stereocenters. The number of nitrogens with zero attached hydrogens (tertiary/aromatic N) is 1. The van der Waals surface area contributed by atoms with Crippen LogP contribution in [0.1, 0.15) is 26.2 Å². The van der Waals surface area contributed by atoms with Crippen LogP contribution in [-0.4, -0.2) is 57.5 Å². The van der Waals surface area contributed by atoms with Crippen LogP contribution in [0.3, 0.4) is 0 Å². The largest absolute Gasteiger partial charge is 0.313 e. The highest BCUT2D eigenvalue weighted by molar-refractivity contribution is 7.90. The monoisotopic (exact) mass is 248 g/mol.